The Balaban J connectivity index is 1.97. The van der Waals surface area contributed by atoms with Crippen LogP contribution in [0.4, 0.5) is 15.8 Å². The van der Waals surface area contributed by atoms with Crippen LogP contribution < -0.4 is 11.1 Å². The Bertz CT molecular complexity index is 458. The Labute approximate surface area is 112 Å². The van der Waals surface area contributed by atoms with Gasteiger partial charge in [0.15, 0.2) is 0 Å². The number of rotatable bonds is 3. The number of likely N-dealkylation sites (tertiary alicyclic amines) is 1. The second-order valence-corrected chi connectivity index (χ2v) is 5.00. The number of hydrogen-bond acceptors (Lipinski definition) is 3. The third kappa shape index (κ3) is 3.44. The van der Waals surface area contributed by atoms with Gasteiger partial charge in [0.25, 0.3) is 0 Å². The zero-order valence-corrected chi connectivity index (χ0v) is 11.2. The van der Waals surface area contributed by atoms with E-state index in [9.17, 15) is 9.18 Å². The fourth-order valence-electron chi connectivity index (χ4n) is 2.34. The molecular weight excluding hydrogens is 245 g/mol. The van der Waals surface area contributed by atoms with Gasteiger partial charge in [-0.05, 0) is 51.1 Å². The van der Waals surface area contributed by atoms with E-state index in [-0.39, 0.29) is 17.6 Å². The van der Waals surface area contributed by atoms with Gasteiger partial charge in [-0.1, -0.05) is 6.42 Å². The minimum absolute atomic E-state index is 0.0448. The van der Waals surface area contributed by atoms with Gasteiger partial charge in [0, 0.05) is 5.69 Å². The van der Waals surface area contributed by atoms with E-state index in [4.69, 9.17) is 5.73 Å². The molecule has 1 atom stereocenters. The molecule has 1 heterocycles. The van der Waals surface area contributed by atoms with Crippen LogP contribution in [0.5, 0.6) is 0 Å². The number of piperidine rings is 1. The van der Waals surface area contributed by atoms with E-state index in [1.807, 2.05) is 6.92 Å². The third-order valence-electron chi connectivity index (χ3n) is 3.58. The van der Waals surface area contributed by atoms with Crippen LogP contribution in [-0.4, -0.2) is 29.9 Å². The molecule has 0 spiro atoms. The summed E-state index contributed by atoms with van der Waals surface area (Å²) in [6.07, 6.45) is 3.52. The molecule has 0 aromatic heterocycles. The van der Waals surface area contributed by atoms with Crippen LogP contribution >= 0.6 is 0 Å². The largest absolute Gasteiger partial charge is 0.396 e. The van der Waals surface area contributed by atoms with Crippen molar-refractivity contribution in [3.05, 3.63) is 24.0 Å². The molecule has 4 nitrogen and oxygen atoms in total. The lowest BCUT2D eigenvalue weighted by molar-refractivity contribution is -0.121. The number of nitrogens with zero attached hydrogens (tertiary/aromatic N) is 1. The van der Waals surface area contributed by atoms with Crippen molar-refractivity contribution in [2.24, 2.45) is 0 Å². The molecule has 1 amide bonds. The van der Waals surface area contributed by atoms with E-state index >= 15 is 0 Å². The minimum Gasteiger partial charge on any atom is -0.396 e. The molecule has 5 heteroatoms. The quantitative estimate of drug-likeness (QED) is 0.824. The fourth-order valence-corrected chi connectivity index (χ4v) is 2.34. The Morgan fingerprint density at radius 3 is 2.68 bits per heavy atom. The molecule has 1 unspecified atom stereocenters. The molecule has 1 aliphatic heterocycles. The van der Waals surface area contributed by atoms with Gasteiger partial charge in [0.05, 0.1) is 11.7 Å². The molecule has 1 fully saturated rings. The molecule has 0 radical (unpaired) electrons. The lowest BCUT2D eigenvalue weighted by atomic mass is 10.1. The van der Waals surface area contributed by atoms with Crippen LogP contribution in [-0.2, 0) is 4.79 Å². The van der Waals surface area contributed by atoms with E-state index < -0.39 is 5.82 Å². The van der Waals surface area contributed by atoms with Crippen LogP contribution in [0.1, 0.15) is 26.2 Å². The topological polar surface area (TPSA) is 58.4 Å². The number of benzene rings is 1. The molecule has 1 aromatic carbocycles. The van der Waals surface area contributed by atoms with Crippen LogP contribution in [0.3, 0.4) is 0 Å². The highest BCUT2D eigenvalue weighted by Crippen LogP contribution is 2.18. The predicted molar refractivity (Wildman–Crippen MR) is 74.3 cm³/mol. The summed E-state index contributed by atoms with van der Waals surface area (Å²) in [5.74, 6) is -0.546. The summed E-state index contributed by atoms with van der Waals surface area (Å²) in [5.41, 5.74) is 6.06. The van der Waals surface area contributed by atoms with Crippen LogP contribution in [0, 0.1) is 5.82 Å². The van der Waals surface area contributed by atoms with Gasteiger partial charge >= 0.3 is 0 Å². The zero-order chi connectivity index (χ0) is 13.8. The first kappa shape index (κ1) is 13.8. The fraction of sp³-hybridized carbons (Fsp3) is 0.500. The van der Waals surface area contributed by atoms with Gasteiger partial charge in [-0.3, -0.25) is 9.69 Å². The van der Waals surface area contributed by atoms with Crippen molar-refractivity contribution >= 4 is 17.3 Å². The van der Waals surface area contributed by atoms with Crippen LogP contribution in [0.2, 0.25) is 0 Å². The summed E-state index contributed by atoms with van der Waals surface area (Å²) in [7, 11) is 0. The maximum Gasteiger partial charge on any atom is 0.241 e. The number of nitrogens with two attached hydrogens (primary N) is 1. The van der Waals surface area contributed by atoms with Gasteiger partial charge in [-0.25, -0.2) is 4.39 Å². The lowest BCUT2D eigenvalue weighted by Gasteiger charge is -2.31. The lowest BCUT2D eigenvalue weighted by Crippen LogP contribution is -2.44. The van der Waals surface area contributed by atoms with Gasteiger partial charge in [0.2, 0.25) is 5.91 Å². The summed E-state index contributed by atoms with van der Waals surface area (Å²) in [6.45, 7) is 3.81. The van der Waals surface area contributed by atoms with Gasteiger partial charge in [-0.15, -0.1) is 0 Å². The van der Waals surface area contributed by atoms with Crippen LogP contribution in [0.15, 0.2) is 18.2 Å². The number of carbonyl (C=O) groups is 1. The maximum atomic E-state index is 13.0. The molecule has 3 N–H and O–H groups in total. The maximum absolute atomic E-state index is 13.0. The van der Waals surface area contributed by atoms with Crippen LogP contribution in [0.25, 0.3) is 0 Å². The number of hydrogen-bond donors (Lipinski definition) is 2. The first-order valence-electron chi connectivity index (χ1n) is 6.68. The number of nitrogens with one attached hydrogen (secondary N) is 1. The van der Waals surface area contributed by atoms with Gasteiger partial charge in [-0.2, -0.15) is 0 Å². The first-order valence-corrected chi connectivity index (χ1v) is 6.68. The molecule has 104 valence electrons. The highest BCUT2D eigenvalue weighted by Gasteiger charge is 2.22. The standard InChI is InChI=1S/C14H20FN3O/c1-10(18-7-3-2-4-8-18)14(19)17-11-5-6-12(15)13(16)9-11/h5-6,9-10H,2-4,7-8,16H2,1H3,(H,17,19). The molecular formula is C14H20FN3O. The van der Waals surface area contributed by atoms with E-state index in [1.165, 1.54) is 24.6 Å². The van der Waals surface area contributed by atoms with Crippen molar-refractivity contribution in [3.8, 4) is 0 Å². The first-order chi connectivity index (χ1) is 9.08. The highest BCUT2D eigenvalue weighted by molar-refractivity contribution is 5.94. The second-order valence-electron chi connectivity index (χ2n) is 5.00. The molecule has 1 aliphatic rings. The number of nitrogen functional groups attached to an aromatic ring is 1. The summed E-state index contributed by atoms with van der Waals surface area (Å²) in [5, 5.41) is 2.78. The average Bonchev–Trinajstić information content (AvgIpc) is 2.43. The number of halogens is 1. The zero-order valence-electron chi connectivity index (χ0n) is 11.2. The van der Waals surface area contributed by atoms with Gasteiger partial charge < -0.3 is 11.1 Å². The van der Waals surface area contributed by atoms with Crippen molar-refractivity contribution in [1.29, 1.82) is 0 Å². The summed E-state index contributed by atoms with van der Waals surface area (Å²) >= 11 is 0. The summed E-state index contributed by atoms with van der Waals surface area (Å²) in [4.78, 5) is 14.3. The smallest absolute Gasteiger partial charge is 0.241 e. The Kier molecular flexibility index (Phi) is 4.37. The molecule has 1 saturated heterocycles. The SMILES string of the molecule is CC(C(=O)Nc1ccc(F)c(N)c1)N1CCCCC1. The summed E-state index contributed by atoms with van der Waals surface area (Å²) in [6, 6.07) is 4.05. The molecule has 0 aliphatic carbocycles. The van der Waals surface area contributed by atoms with Crippen molar-refractivity contribution in [2.75, 3.05) is 24.1 Å². The normalized spacial score (nSPS) is 18.0. The van der Waals surface area contributed by atoms with Crippen molar-refractivity contribution in [1.82, 2.24) is 4.90 Å². The minimum atomic E-state index is -0.470. The number of amides is 1. The molecule has 19 heavy (non-hydrogen) atoms. The molecule has 0 saturated carbocycles. The van der Waals surface area contributed by atoms with E-state index in [1.54, 1.807) is 0 Å². The monoisotopic (exact) mass is 265 g/mol. The van der Waals surface area contributed by atoms with E-state index in [2.05, 4.69) is 10.2 Å². The Morgan fingerprint density at radius 1 is 1.37 bits per heavy atom. The highest BCUT2D eigenvalue weighted by atomic mass is 19.1. The molecule has 0 bridgehead atoms. The number of carbonyl (C=O) groups excluding carboxylic acids is 1. The average molecular weight is 265 g/mol. The third-order valence-corrected chi connectivity index (χ3v) is 3.58. The van der Waals surface area contributed by atoms with Crippen molar-refractivity contribution in [2.45, 2.75) is 32.2 Å². The predicted octanol–water partition coefficient (Wildman–Crippen LogP) is 2.22. The van der Waals surface area contributed by atoms with Crippen molar-refractivity contribution in [3.63, 3.8) is 0 Å². The van der Waals surface area contributed by atoms with E-state index in [0.29, 0.717) is 5.69 Å². The Hall–Kier alpha value is -1.62. The summed E-state index contributed by atoms with van der Waals surface area (Å²) < 4.78 is 13.0. The van der Waals surface area contributed by atoms with Crippen molar-refractivity contribution < 1.29 is 9.18 Å². The second kappa shape index (κ2) is 6.02. The molecule has 2 rings (SSSR count). The Morgan fingerprint density at radius 2 is 2.05 bits per heavy atom. The number of anilines is 2. The van der Waals surface area contributed by atoms with Gasteiger partial charge in [0.1, 0.15) is 5.82 Å². The molecule has 1 aromatic rings. The van der Waals surface area contributed by atoms with E-state index in [0.717, 1.165) is 25.9 Å².